The third kappa shape index (κ3) is 2.54. The molecule has 0 amide bonds. The fourth-order valence-electron chi connectivity index (χ4n) is 1.36. The second-order valence-corrected chi connectivity index (χ2v) is 5.87. The molecule has 1 saturated heterocycles. The van der Waals surface area contributed by atoms with Crippen LogP contribution in [0.2, 0.25) is 0 Å². The van der Waals surface area contributed by atoms with Gasteiger partial charge in [-0.05, 0) is 28.1 Å². The van der Waals surface area contributed by atoms with E-state index in [1.807, 2.05) is 6.07 Å². The number of hydrogen-bond acceptors (Lipinski definition) is 3. The highest BCUT2D eigenvalue weighted by molar-refractivity contribution is 9.10. The smallest absolute Gasteiger partial charge is 0.259 e. The van der Waals surface area contributed by atoms with Crippen molar-refractivity contribution in [2.75, 3.05) is 13.1 Å². The third-order valence-corrected chi connectivity index (χ3v) is 4.14. The van der Waals surface area contributed by atoms with Gasteiger partial charge in [0, 0.05) is 23.8 Å². The number of halogens is 1. The number of aromatic nitrogens is 1. The Labute approximate surface area is 96.8 Å². The minimum Gasteiger partial charge on any atom is -0.259 e. The first-order chi connectivity index (χ1) is 7.08. The summed E-state index contributed by atoms with van der Waals surface area (Å²) in [6.07, 6.45) is 1.66. The number of hydrogen-bond donors (Lipinski definition) is 1. The van der Waals surface area contributed by atoms with Crippen LogP contribution in [-0.4, -0.2) is 30.8 Å². The molecule has 15 heavy (non-hydrogen) atoms. The quantitative estimate of drug-likeness (QED) is 0.863. The highest BCUT2D eigenvalue weighted by Gasteiger charge is 2.27. The van der Waals surface area contributed by atoms with Crippen molar-refractivity contribution in [1.82, 2.24) is 14.0 Å². The van der Waals surface area contributed by atoms with Crippen molar-refractivity contribution in [2.45, 2.75) is 6.54 Å². The molecule has 0 atom stereocenters. The lowest BCUT2D eigenvalue weighted by molar-refractivity contribution is 0.441. The highest BCUT2D eigenvalue weighted by Crippen LogP contribution is 2.12. The van der Waals surface area contributed by atoms with Gasteiger partial charge in [-0.3, -0.25) is 4.98 Å². The van der Waals surface area contributed by atoms with E-state index in [1.54, 1.807) is 12.3 Å². The number of nitrogens with one attached hydrogen (secondary N) is 1. The van der Waals surface area contributed by atoms with Crippen LogP contribution in [0.25, 0.3) is 0 Å². The van der Waals surface area contributed by atoms with Gasteiger partial charge < -0.3 is 0 Å². The van der Waals surface area contributed by atoms with Gasteiger partial charge in [-0.25, -0.2) is 4.72 Å². The molecule has 0 bridgehead atoms. The zero-order valence-corrected chi connectivity index (χ0v) is 10.3. The summed E-state index contributed by atoms with van der Waals surface area (Å²) in [6.45, 7) is 1.29. The normalized spacial score (nSPS) is 20.6. The van der Waals surface area contributed by atoms with E-state index in [-0.39, 0.29) is 0 Å². The Morgan fingerprint density at radius 3 is 2.87 bits per heavy atom. The van der Waals surface area contributed by atoms with E-state index >= 15 is 0 Å². The standard InChI is InChI=1S/C8H10BrN3O2S/c9-7-1-2-8(10-5-7)6-12-4-3-11-15(12,13)14/h1-2,5,11H,3-4,6H2. The largest absolute Gasteiger partial charge is 0.279 e. The van der Waals surface area contributed by atoms with Crippen LogP contribution < -0.4 is 4.72 Å². The Morgan fingerprint density at radius 2 is 2.33 bits per heavy atom. The Bertz CT molecular complexity index is 445. The zero-order valence-electron chi connectivity index (χ0n) is 7.85. The van der Waals surface area contributed by atoms with E-state index in [2.05, 4.69) is 25.6 Å². The molecule has 5 nitrogen and oxygen atoms in total. The van der Waals surface area contributed by atoms with Crippen molar-refractivity contribution in [1.29, 1.82) is 0 Å². The summed E-state index contributed by atoms with van der Waals surface area (Å²) >= 11 is 3.27. The Hall–Kier alpha value is -0.500. The van der Waals surface area contributed by atoms with Gasteiger partial charge in [0.2, 0.25) is 0 Å². The molecule has 1 aliphatic heterocycles. The average Bonchev–Trinajstić information content (AvgIpc) is 2.50. The summed E-state index contributed by atoms with van der Waals surface area (Å²) in [6, 6.07) is 3.65. The van der Waals surface area contributed by atoms with E-state index in [4.69, 9.17) is 0 Å². The summed E-state index contributed by atoms with van der Waals surface area (Å²) in [4.78, 5) is 4.13. The first-order valence-electron chi connectivity index (χ1n) is 4.43. The number of rotatable bonds is 2. The van der Waals surface area contributed by atoms with E-state index < -0.39 is 10.2 Å². The van der Waals surface area contributed by atoms with Crippen LogP contribution in [0.15, 0.2) is 22.8 Å². The lowest BCUT2D eigenvalue weighted by atomic mass is 10.3. The minimum absolute atomic E-state index is 0.322. The van der Waals surface area contributed by atoms with Crippen molar-refractivity contribution in [3.63, 3.8) is 0 Å². The van der Waals surface area contributed by atoms with Gasteiger partial charge in [-0.2, -0.15) is 12.7 Å². The van der Waals surface area contributed by atoms with Gasteiger partial charge >= 0.3 is 0 Å². The summed E-state index contributed by atoms with van der Waals surface area (Å²) < 4.78 is 27.5. The van der Waals surface area contributed by atoms with Crippen LogP contribution in [0.1, 0.15) is 5.69 Å². The van der Waals surface area contributed by atoms with Crippen LogP contribution in [-0.2, 0) is 16.8 Å². The Balaban J connectivity index is 2.12. The third-order valence-electron chi connectivity index (χ3n) is 2.11. The second kappa shape index (κ2) is 4.17. The molecule has 0 spiro atoms. The molecule has 0 unspecified atom stereocenters. The first-order valence-corrected chi connectivity index (χ1v) is 6.66. The summed E-state index contributed by atoms with van der Waals surface area (Å²) in [5.74, 6) is 0. The second-order valence-electron chi connectivity index (χ2n) is 3.20. The zero-order chi connectivity index (χ0) is 10.9. The van der Waals surface area contributed by atoms with Crippen LogP contribution in [0, 0.1) is 0 Å². The van der Waals surface area contributed by atoms with Crippen molar-refractivity contribution in [3.05, 3.63) is 28.5 Å². The van der Waals surface area contributed by atoms with Crippen molar-refractivity contribution in [3.8, 4) is 0 Å². The van der Waals surface area contributed by atoms with E-state index in [0.29, 0.717) is 19.6 Å². The molecule has 7 heteroatoms. The molecule has 0 saturated carbocycles. The fourth-order valence-corrected chi connectivity index (χ4v) is 2.76. The van der Waals surface area contributed by atoms with Gasteiger partial charge in [0.25, 0.3) is 10.2 Å². The molecular weight excluding hydrogens is 282 g/mol. The van der Waals surface area contributed by atoms with Crippen molar-refractivity contribution >= 4 is 26.1 Å². The fraction of sp³-hybridized carbons (Fsp3) is 0.375. The molecule has 0 radical (unpaired) electrons. The number of nitrogens with zero attached hydrogens (tertiary/aromatic N) is 2. The maximum Gasteiger partial charge on any atom is 0.279 e. The minimum atomic E-state index is -3.26. The molecule has 1 fully saturated rings. The van der Waals surface area contributed by atoms with Gasteiger partial charge in [-0.15, -0.1) is 0 Å². The molecule has 82 valence electrons. The molecular formula is C8H10BrN3O2S. The van der Waals surface area contributed by atoms with Crippen LogP contribution >= 0.6 is 15.9 Å². The maximum atomic E-state index is 11.4. The molecule has 1 aliphatic rings. The molecule has 1 aromatic heterocycles. The SMILES string of the molecule is O=S1(=O)NCCN1Cc1ccc(Br)cn1. The van der Waals surface area contributed by atoms with Crippen molar-refractivity contribution in [2.24, 2.45) is 0 Å². The highest BCUT2D eigenvalue weighted by atomic mass is 79.9. The average molecular weight is 292 g/mol. The van der Waals surface area contributed by atoms with Crippen LogP contribution in [0.3, 0.4) is 0 Å². The monoisotopic (exact) mass is 291 g/mol. The molecule has 0 aliphatic carbocycles. The van der Waals surface area contributed by atoms with E-state index in [1.165, 1.54) is 4.31 Å². The van der Waals surface area contributed by atoms with Crippen molar-refractivity contribution < 1.29 is 8.42 Å². The Morgan fingerprint density at radius 1 is 1.53 bits per heavy atom. The molecule has 0 aromatic carbocycles. The van der Waals surface area contributed by atoms with Crippen LogP contribution in [0.5, 0.6) is 0 Å². The summed E-state index contributed by atoms with van der Waals surface area (Å²) in [5.41, 5.74) is 0.741. The molecule has 2 heterocycles. The maximum absolute atomic E-state index is 11.4. The van der Waals surface area contributed by atoms with Gasteiger partial charge in [0.1, 0.15) is 0 Å². The van der Waals surface area contributed by atoms with Gasteiger partial charge in [0.05, 0.1) is 12.2 Å². The van der Waals surface area contributed by atoms with Gasteiger partial charge in [0.15, 0.2) is 0 Å². The first kappa shape index (κ1) is 11.0. The molecule has 1 aromatic rings. The predicted molar refractivity (Wildman–Crippen MR) is 59.3 cm³/mol. The predicted octanol–water partition coefficient (Wildman–Crippen LogP) is 0.494. The van der Waals surface area contributed by atoms with E-state index in [9.17, 15) is 8.42 Å². The summed E-state index contributed by atoms with van der Waals surface area (Å²) in [5, 5.41) is 0. The lowest BCUT2D eigenvalue weighted by Gasteiger charge is -2.12. The van der Waals surface area contributed by atoms with E-state index in [0.717, 1.165) is 10.2 Å². The Kier molecular flexibility index (Phi) is 3.06. The topological polar surface area (TPSA) is 62.3 Å². The molecule has 2 rings (SSSR count). The van der Waals surface area contributed by atoms with Gasteiger partial charge in [-0.1, -0.05) is 0 Å². The summed E-state index contributed by atoms with van der Waals surface area (Å²) in [7, 11) is -3.26. The lowest BCUT2D eigenvalue weighted by Crippen LogP contribution is -2.29. The van der Waals surface area contributed by atoms with Crippen LogP contribution in [0.4, 0.5) is 0 Å². The number of pyridine rings is 1. The molecule has 1 N–H and O–H groups in total.